The second-order valence-electron chi connectivity index (χ2n) is 5.07. The van der Waals surface area contributed by atoms with Gasteiger partial charge in [-0.2, -0.15) is 10.4 Å². The highest BCUT2D eigenvalue weighted by Crippen LogP contribution is 2.33. The molecule has 0 heterocycles. The Morgan fingerprint density at radius 2 is 2.08 bits per heavy atom. The molecule has 2 rings (SSSR count). The number of nitrogens with one attached hydrogen (secondary N) is 1. The third kappa shape index (κ3) is 5.76. The topological polar surface area (TPSA) is 83.7 Å². The first-order chi connectivity index (χ1) is 12.5. The summed E-state index contributed by atoms with van der Waals surface area (Å²) in [5.74, 6) is 0.599. The zero-order chi connectivity index (χ0) is 18.9. The van der Waals surface area contributed by atoms with Crippen molar-refractivity contribution in [2.75, 3.05) is 7.11 Å². The molecule has 0 saturated heterocycles. The van der Waals surface area contributed by atoms with Gasteiger partial charge in [0.2, 0.25) is 0 Å². The maximum atomic E-state index is 11.2. The maximum absolute atomic E-state index is 11.2. The molecule has 0 radical (unpaired) electrons. The Hall–Kier alpha value is -2.56. The summed E-state index contributed by atoms with van der Waals surface area (Å²) in [4.78, 5) is 11.2. The standard InChI is InChI=1S/C18H15BrClN3O3/c1-25-16-8-13(10-22-23-18(24)6-7-21)15(19)9-17(16)26-11-12-2-4-14(20)5-3-12/h2-5,8-10H,6,11H2,1H3,(H,23,24). The van der Waals surface area contributed by atoms with Crippen LogP contribution in [-0.4, -0.2) is 19.2 Å². The fourth-order valence-electron chi connectivity index (χ4n) is 1.95. The summed E-state index contributed by atoms with van der Waals surface area (Å²) in [6.45, 7) is 0.359. The lowest BCUT2D eigenvalue weighted by atomic mass is 10.2. The van der Waals surface area contributed by atoms with E-state index in [-0.39, 0.29) is 6.42 Å². The van der Waals surface area contributed by atoms with Gasteiger partial charge in [-0.1, -0.05) is 23.7 Å². The molecule has 0 aliphatic rings. The molecule has 134 valence electrons. The van der Waals surface area contributed by atoms with Crippen LogP contribution in [0, 0.1) is 11.3 Å². The zero-order valence-electron chi connectivity index (χ0n) is 13.8. The van der Waals surface area contributed by atoms with Gasteiger partial charge in [0.25, 0.3) is 5.91 Å². The smallest absolute Gasteiger partial charge is 0.254 e. The van der Waals surface area contributed by atoms with E-state index in [1.807, 2.05) is 12.1 Å². The fraction of sp³-hybridized carbons (Fsp3) is 0.167. The van der Waals surface area contributed by atoms with E-state index in [1.165, 1.54) is 13.3 Å². The molecule has 1 amide bonds. The second kappa shape index (κ2) is 9.80. The number of carbonyl (C=O) groups excluding carboxylic acids is 1. The largest absolute Gasteiger partial charge is 0.493 e. The molecular weight excluding hydrogens is 422 g/mol. The van der Waals surface area contributed by atoms with E-state index in [9.17, 15) is 4.79 Å². The molecule has 0 saturated carbocycles. The zero-order valence-corrected chi connectivity index (χ0v) is 16.2. The Kier molecular flexibility index (Phi) is 7.45. The molecule has 0 aliphatic carbocycles. The van der Waals surface area contributed by atoms with Gasteiger partial charge >= 0.3 is 0 Å². The minimum absolute atomic E-state index is 0.251. The van der Waals surface area contributed by atoms with Gasteiger partial charge in [0.15, 0.2) is 11.5 Å². The summed E-state index contributed by atoms with van der Waals surface area (Å²) in [6, 6.07) is 12.6. The monoisotopic (exact) mass is 435 g/mol. The molecule has 0 spiro atoms. The van der Waals surface area contributed by atoms with E-state index in [0.717, 1.165) is 5.56 Å². The van der Waals surface area contributed by atoms with Crippen molar-refractivity contribution >= 4 is 39.7 Å². The predicted molar refractivity (Wildman–Crippen MR) is 102 cm³/mol. The van der Waals surface area contributed by atoms with E-state index in [2.05, 4.69) is 26.5 Å². The molecule has 26 heavy (non-hydrogen) atoms. The summed E-state index contributed by atoms with van der Waals surface area (Å²) in [5, 5.41) is 12.9. The number of methoxy groups -OCH3 is 1. The van der Waals surface area contributed by atoms with Gasteiger partial charge in [-0.05, 0) is 45.8 Å². The van der Waals surface area contributed by atoms with Crippen molar-refractivity contribution in [1.29, 1.82) is 5.26 Å². The molecular formula is C18H15BrClN3O3. The first-order valence-electron chi connectivity index (χ1n) is 7.47. The number of halogens is 2. The lowest BCUT2D eigenvalue weighted by molar-refractivity contribution is -0.120. The summed E-state index contributed by atoms with van der Waals surface area (Å²) < 4.78 is 11.9. The molecule has 0 aromatic heterocycles. The quantitative estimate of drug-likeness (QED) is 0.524. The van der Waals surface area contributed by atoms with Crippen LogP contribution >= 0.6 is 27.5 Å². The number of amides is 1. The van der Waals surface area contributed by atoms with Crippen LogP contribution in [-0.2, 0) is 11.4 Å². The number of hydrazone groups is 1. The van der Waals surface area contributed by atoms with Crippen LogP contribution in [0.4, 0.5) is 0 Å². The number of rotatable bonds is 7. The van der Waals surface area contributed by atoms with Crippen LogP contribution in [0.3, 0.4) is 0 Å². The highest BCUT2D eigenvalue weighted by molar-refractivity contribution is 9.10. The maximum Gasteiger partial charge on any atom is 0.254 e. The van der Waals surface area contributed by atoms with Gasteiger partial charge in [-0.15, -0.1) is 0 Å². The van der Waals surface area contributed by atoms with Gasteiger partial charge in [0.05, 0.1) is 19.4 Å². The van der Waals surface area contributed by atoms with E-state index in [1.54, 1.807) is 30.3 Å². The molecule has 1 N–H and O–H groups in total. The highest BCUT2D eigenvalue weighted by Gasteiger charge is 2.10. The number of hydrogen-bond acceptors (Lipinski definition) is 5. The third-order valence-corrected chi connectivity index (χ3v) is 4.16. The Balaban J connectivity index is 2.10. The fourth-order valence-corrected chi connectivity index (χ4v) is 2.50. The number of nitriles is 1. The van der Waals surface area contributed by atoms with Crippen molar-refractivity contribution in [3.05, 3.63) is 57.0 Å². The first-order valence-corrected chi connectivity index (χ1v) is 8.64. The first kappa shape index (κ1) is 19.8. The highest BCUT2D eigenvalue weighted by atomic mass is 79.9. The van der Waals surface area contributed by atoms with Crippen molar-refractivity contribution in [3.8, 4) is 17.6 Å². The summed E-state index contributed by atoms with van der Waals surface area (Å²) >= 11 is 9.31. The Labute approximate surface area is 164 Å². The van der Waals surface area contributed by atoms with Gasteiger partial charge in [-0.25, -0.2) is 5.43 Å². The van der Waals surface area contributed by atoms with Gasteiger partial charge in [0, 0.05) is 15.1 Å². The summed E-state index contributed by atoms with van der Waals surface area (Å²) in [5.41, 5.74) is 3.92. The van der Waals surface area contributed by atoms with Crippen LogP contribution in [0.5, 0.6) is 11.5 Å². The molecule has 2 aromatic carbocycles. The number of nitrogens with zero attached hydrogens (tertiary/aromatic N) is 2. The third-order valence-electron chi connectivity index (χ3n) is 3.22. The molecule has 2 aromatic rings. The molecule has 0 unspecified atom stereocenters. The molecule has 0 fully saturated rings. The Morgan fingerprint density at radius 1 is 1.35 bits per heavy atom. The van der Waals surface area contributed by atoms with E-state index >= 15 is 0 Å². The average molecular weight is 437 g/mol. The summed E-state index contributed by atoms with van der Waals surface area (Å²) in [7, 11) is 1.54. The van der Waals surface area contributed by atoms with Crippen molar-refractivity contribution < 1.29 is 14.3 Å². The molecule has 8 heteroatoms. The number of carbonyl (C=O) groups is 1. The number of benzene rings is 2. The Bertz CT molecular complexity index is 848. The molecule has 0 aliphatic heterocycles. The van der Waals surface area contributed by atoms with Crippen LogP contribution in [0.1, 0.15) is 17.5 Å². The van der Waals surface area contributed by atoms with Gasteiger partial charge < -0.3 is 9.47 Å². The van der Waals surface area contributed by atoms with Crippen molar-refractivity contribution in [2.45, 2.75) is 13.0 Å². The average Bonchev–Trinajstić information content (AvgIpc) is 2.63. The summed E-state index contributed by atoms with van der Waals surface area (Å²) in [6.07, 6.45) is 1.20. The normalized spacial score (nSPS) is 10.4. The van der Waals surface area contributed by atoms with Crippen molar-refractivity contribution in [1.82, 2.24) is 5.43 Å². The van der Waals surface area contributed by atoms with Crippen LogP contribution in [0.2, 0.25) is 5.02 Å². The SMILES string of the molecule is COc1cc(C=NNC(=O)CC#N)c(Br)cc1OCc1ccc(Cl)cc1. The molecule has 0 atom stereocenters. The van der Waals surface area contributed by atoms with Crippen LogP contribution in [0.15, 0.2) is 46.0 Å². The van der Waals surface area contributed by atoms with E-state index in [0.29, 0.717) is 33.2 Å². The minimum Gasteiger partial charge on any atom is -0.493 e. The minimum atomic E-state index is -0.477. The van der Waals surface area contributed by atoms with Gasteiger partial charge in [-0.3, -0.25) is 4.79 Å². The van der Waals surface area contributed by atoms with Crippen LogP contribution < -0.4 is 14.9 Å². The van der Waals surface area contributed by atoms with Gasteiger partial charge in [0.1, 0.15) is 13.0 Å². The Morgan fingerprint density at radius 3 is 2.73 bits per heavy atom. The van der Waals surface area contributed by atoms with E-state index < -0.39 is 5.91 Å². The lowest BCUT2D eigenvalue weighted by Gasteiger charge is -2.13. The van der Waals surface area contributed by atoms with Crippen molar-refractivity contribution in [3.63, 3.8) is 0 Å². The van der Waals surface area contributed by atoms with Crippen LogP contribution in [0.25, 0.3) is 0 Å². The van der Waals surface area contributed by atoms with E-state index in [4.69, 9.17) is 26.3 Å². The molecule has 0 bridgehead atoms. The lowest BCUT2D eigenvalue weighted by Crippen LogP contribution is -2.16. The molecule has 6 nitrogen and oxygen atoms in total. The second-order valence-corrected chi connectivity index (χ2v) is 6.36. The number of ether oxygens (including phenoxy) is 2. The predicted octanol–water partition coefficient (Wildman–Crippen LogP) is 4.05. The van der Waals surface area contributed by atoms with Crippen molar-refractivity contribution in [2.24, 2.45) is 5.10 Å². The number of hydrogen-bond donors (Lipinski definition) is 1.